The van der Waals surface area contributed by atoms with Gasteiger partial charge in [-0.3, -0.25) is 14.8 Å². The monoisotopic (exact) mass is 442 g/mol. The summed E-state index contributed by atoms with van der Waals surface area (Å²) in [6.07, 6.45) is 7.89. The molecule has 4 fully saturated rings. The van der Waals surface area contributed by atoms with Gasteiger partial charge in [0.05, 0.1) is 16.9 Å². The Hall–Kier alpha value is -2.61. The van der Waals surface area contributed by atoms with Crippen molar-refractivity contribution >= 4 is 21.4 Å². The molecule has 6 rings (SSSR count). The number of sulfonamides is 1. The molecule has 4 bridgehead atoms. The van der Waals surface area contributed by atoms with E-state index in [0.717, 1.165) is 23.8 Å². The van der Waals surface area contributed by atoms with E-state index in [1.807, 2.05) is 12.1 Å². The zero-order valence-corrected chi connectivity index (χ0v) is 18.2. The molecule has 2 aromatic carbocycles. The van der Waals surface area contributed by atoms with Crippen LogP contribution in [0.2, 0.25) is 0 Å². The highest BCUT2D eigenvalue weighted by atomic mass is 32.2. The van der Waals surface area contributed by atoms with Crippen molar-refractivity contribution in [2.24, 2.45) is 17.8 Å². The lowest BCUT2D eigenvalue weighted by atomic mass is 9.48. The third-order valence-corrected chi connectivity index (χ3v) is 8.82. The fourth-order valence-electron chi connectivity index (χ4n) is 6.55. The standard InChI is InChI=1S/C23H26N2O5S/c1-30-22-7-6-20(11-21(22)25(26)27)31(28,29)24-19-4-2-18(3-5-19)23-12-15-8-16(13-23)10-17(9-15)14-23/h2-7,11,15-17,24H,8-10,12-14H2,1H3. The molecule has 0 radical (unpaired) electrons. The molecular formula is C23H26N2O5S. The Morgan fingerprint density at radius 2 is 1.58 bits per heavy atom. The maximum atomic E-state index is 12.8. The summed E-state index contributed by atoms with van der Waals surface area (Å²) in [6, 6.07) is 11.3. The van der Waals surface area contributed by atoms with Gasteiger partial charge in [-0.15, -0.1) is 0 Å². The summed E-state index contributed by atoms with van der Waals surface area (Å²) in [5, 5.41) is 11.2. The molecule has 31 heavy (non-hydrogen) atoms. The quantitative estimate of drug-likeness (QED) is 0.508. The molecule has 8 heteroatoms. The average molecular weight is 443 g/mol. The van der Waals surface area contributed by atoms with Gasteiger partial charge in [-0.25, -0.2) is 8.42 Å². The molecular weight excluding hydrogens is 416 g/mol. The Morgan fingerprint density at radius 3 is 2.10 bits per heavy atom. The van der Waals surface area contributed by atoms with E-state index in [0.29, 0.717) is 5.69 Å². The zero-order chi connectivity index (χ0) is 21.8. The Labute approximate surface area is 182 Å². The number of methoxy groups -OCH3 is 1. The minimum Gasteiger partial charge on any atom is -0.490 e. The number of benzene rings is 2. The van der Waals surface area contributed by atoms with E-state index in [2.05, 4.69) is 16.9 Å². The van der Waals surface area contributed by atoms with Crippen LogP contribution in [0.4, 0.5) is 11.4 Å². The van der Waals surface area contributed by atoms with Crippen molar-refractivity contribution in [3.63, 3.8) is 0 Å². The SMILES string of the molecule is COc1ccc(S(=O)(=O)Nc2ccc(C34CC5CC(CC(C5)C3)C4)cc2)cc1[N+](=O)[O-]. The second-order valence-corrected chi connectivity index (χ2v) is 11.2. The molecule has 1 N–H and O–H groups in total. The number of hydrogen-bond donors (Lipinski definition) is 1. The van der Waals surface area contributed by atoms with Gasteiger partial charge in [-0.2, -0.15) is 0 Å². The number of nitrogens with zero attached hydrogens (tertiary/aromatic N) is 1. The number of anilines is 1. The van der Waals surface area contributed by atoms with Crippen LogP contribution in [0, 0.1) is 27.9 Å². The minimum absolute atomic E-state index is 0.0175. The molecule has 4 aliphatic carbocycles. The molecule has 4 aliphatic rings. The summed E-state index contributed by atoms with van der Waals surface area (Å²) < 4.78 is 33.1. The van der Waals surface area contributed by atoms with Gasteiger partial charge in [0.2, 0.25) is 0 Å². The Kier molecular flexibility index (Phi) is 4.73. The summed E-state index contributed by atoms with van der Waals surface area (Å²) in [5.41, 5.74) is 1.63. The molecule has 0 atom stereocenters. The van der Waals surface area contributed by atoms with E-state index in [1.54, 1.807) is 0 Å². The normalized spacial score (nSPS) is 29.0. The molecule has 0 unspecified atom stereocenters. The lowest BCUT2D eigenvalue weighted by Crippen LogP contribution is -2.48. The number of hydrogen-bond acceptors (Lipinski definition) is 5. The summed E-state index contributed by atoms with van der Waals surface area (Å²) in [6.45, 7) is 0. The van der Waals surface area contributed by atoms with Gasteiger partial charge in [0, 0.05) is 11.8 Å². The van der Waals surface area contributed by atoms with Crippen molar-refractivity contribution in [3.05, 3.63) is 58.1 Å². The van der Waals surface area contributed by atoms with Gasteiger partial charge < -0.3 is 4.74 Å². The van der Waals surface area contributed by atoms with Crippen LogP contribution in [0.5, 0.6) is 5.75 Å². The number of rotatable bonds is 6. The highest BCUT2D eigenvalue weighted by molar-refractivity contribution is 7.92. The van der Waals surface area contributed by atoms with Gasteiger partial charge in [0.1, 0.15) is 0 Å². The third-order valence-electron chi connectivity index (χ3n) is 7.45. The van der Waals surface area contributed by atoms with E-state index in [4.69, 9.17) is 4.74 Å². The van der Waals surface area contributed by atoms with Crippen LogP contribution in [0.25, 0.3) is 0 Å². The Morgan fingerprint density at radius 1 is 1.00 bits per heavy atom. The fourth-order valence-corrected chi connectivity index (χ4v) is 7.63. The van der Waals surface area contributed by atoms with Gasteiger partial charge in [0.25, 0.3) is 10.0 Å². The molecule has 0 spiro atoms. The smallest absolute Gasteiger partial charge is 0.312 e. The molecule has 0 saturated heterocycles. The molecule has 164 valence electrons. The van der Waals surface area contributed by atoms with Crippen LogP contribution in [0.15, 0.2) is 47.4 Å². The van der Waals surface area contributed by atoms with E-state index in [9.17, 15) is 18.5 Å². The lowest BCUT2D eigenvalue weighted by molar-refractivity contribution is -0.386. The van der Waals surface area contributed by atoms with E-state index < -0.39 is 14.9 Å². The van der Waals surface area contributed by atoms with Crippen LogP contribution in [-0.4, -0.2) is 20.5 Å². The van der Waals surface area contributed by atoms with E-state index in [-0.39, 0.29) is 21.7 Å². The van der Waals surface area contributed by atoms with Crippen molar-refractivity contribution in [2.75, 3.05) is 11.8 Å². The van der Waals surface area contributed by atoms with Crippen LogP contribution in [0.1, 0.15) is 44.1 Å². The topological polar surface area (TPSA) is 98.5 Å². The predicted octanol–water partition coefficient (Wildman–Crippen LogP) is 4.87. The maximum Gasteiger partial charge on any atom is 0.312 e. The summed E-state index contributed by atoms with van der Waals surface area (Å²) in [4.78, 5) is 10.4. The van der Waals surface area contributed by atoms with Crippen molar-refractivity contribution in [2.45, 2.75) is 48.8 Å². The Balaban J connectivity index is 1.37. The molecule has 0 amide bonds. The number of nitrogens with one attached hydrogen (secondary N) is 1. The average Bonchev–Trinajstić information content (AvgIpc) is 2.72. The van der Waals surface area contributed by atoms with E-state index in [1.165, 1.54) is 63.3 Å². The van der Waals surface area contributed by atoms with Crippen LogP contribution in [-0.2, 0) is 15.4 Å². The fraction of sp³-hybridized carbons (Fsp3) is 0.478. The van der Waals surface area contributed by atoms with Crippen LogP contribution in [0.3, 0.4) is 0 Å². The largest absolute Gasteiger partial charge is 0.490 e. The molecule has 0 aromatic heterocycles. The van der Waals surface area contributed by atoms with Gasteiger partial charge >= 0.3 is 5.69 Å². The van der Waals surface area contributed by atoms with Crippen LogP contribution < -0.4 is 9.46 Å². The summed E-state index contributed by atoms with van der Waals surface area (Å²) >= 11 is 0. The Bertz CT molecular complexity index is 1090. The summed E-state index contributed by atoms with van der Waals surface area (Å²) in [7, 11) is -2.66. The predicted molar refractivity (Wildman–Crippen MR) is 117 cm³/mol. The molecule has 0 heterocycles. The minimum atomic E-state index is -3.96. The highest BCUT2D eigenvalue weighted by Gasteiger charge is 2.51. The second kappa shape index (κ2) is 7.22. The van der Waals surface area contributed by atoms with Gasteiger partial charge in [-0.1, -0.05) is 12.1 Å². The van der Waals surface area contributed by atoms with Crippen molar-refractivity contribution in [3.8, 4) is 5.75 Å². The number of nitro groups is 1. The maximum absolute atomic E-state index is 12.8. The molecule has 7 nitrogen and oxygen atoms in total. The summed E-state index contributed by atoms with van der Waals surface area (Å²) in [5.74, 6) is 2.55. The first-order chi connectivity index (χ1) is 14.8. The number of ether oxygens (including phenoxy) is 1. The van der Waals surface area contributed by atoms with Crippen molar-refractivity contribution in [1.82, 2.24) is 0 Å². The highest BCUT2D eigenvalue weighted by Crippen LogP contribution is 2.60. The number of nitro benzene ring substituents is 1. The first-order valence-corrected chi connectivity index (χ1v) is 12.2. The van der Waals surface area contributed by atoms with Gasteiger partial charge in [-0.05, 0) is 91.5 Å². The third kappa shape index (κ3) is 3.56. The molecule has 2 aromatic rings. The molecule has 4 saturated carbocycles. The van der Waals surface area contributed by atoms with Crippen molar-refractivity contribution < 1.29 is 18.1 Å². The first-order valence-electron chi connectivity index (χ1n) is 10.7. The zero-order valence-electron chi connectivity index (χ0n) is 17.4. The van der Waals surface area contributed by atoms with E-state index >= 15 is 0 Å². The van der Waals surface area contributed by atoms with Crippen molar-refractivity contribution in [1.29, 1.82) is 0 Å². The second-order valence-electron chi connectivity index (χ2n) is 9.47. The lowest BCUT2D eigenvalue weighted by Gasteiger charge is -2.57. The molecule has 0 aliphatic heterocycles. The van der Waals surface area contributed by atoms with Gasteiger partial charge in [0.15, 0.2) is 5.75 Å². The van der Waals surface area contributed by atoms with Crippen LogP contribution >= 0.6 is 0 Å². The first kappa shape index (κ1) is 20.3.